The summed E-state index contributed by atoms with van der Waals surface area (Å²) in [5, 5.41) is 8.03. The van der Waals surface area contributed by atoms with Gasteiger partial charge in [-0.2, -0.15) is 11.3 Å². The van der Waals surface area contributed by atoms with E-state index < -0.39 is 0 Å². The first-order valence-electron chi connectivity index (χ1n) is 6.43. The van der Waals surface area contributed by atoms with Crippen LogP contribution in [0.25, 0.3) is 0 Å². The van der Waals surface area contributed by atoms with Crippen molar-refractivity contribution in [3.05, 3.63) is 22.4 Å². The van der Waals surface area contributed by atoms with Gasteiger partial charge in [-0.05, 0) is 54.1 Å². The number of hydrogen-bond donors (Lipinski definition) is 1. The van der Waals surface area contributed by atoms with E-state index in [0.29, 0.717) is 11.5 Å². The lowest BCUT2D eigenvalue weighted by Gasteiger charge is -2.40. The van der Waals surface area contributed by atoms with Crippen molar-refractivity contribution in [2.45, 2.75) is 51.5 Å². The summed E-state index contributed by atoms with van der Waals surface area (Å²) in [6, 6.07) is 2.91. The molecule has 1 nitrogen and oxygen atoms in total. The third kappa shape index (κ3) is 2.67. The van der Waals surface area contributed by atoms with Gasteiger partial charge in [-0.15, -0.1) is 0 Å². The first-order valence-corrected chi connectivity index (χ1v) is 7.37. The minimum Gasteiger partial charge on any atom is -0.316 e. The minimum atomic E-state index is 0.509. The average molecular weight is 237 g/mol. The van der Waals surface area contributed by atoms with Crippen LogP contribution < -0.4 is 5.32 Å². The molecule has 0 bridgehead atoms. The van der Waals surface area contributed by atoms with Crippen molar-refractivity contribution in [1.82, 2.24) is 5.32 Å². The van der Waals surface area contributed by atoms with Gasteiger partial charge in [0.05, 0.1) is 0 Å². The summed E-state index contributed by atoms with van der Waals surface area (Å²) >= 11 is 1.81. The van der Waals surface area contributed by atoms with E-state index in [0.717, 1.165) is 0 Å². The van der Waals surface area contributed by atoms with Crippen LogP contribution in [-0.2, 0) is 6.42 Å². The first kappa shape index (κ1) is 12.1. The summed E-state index contributed by atoms with van der Waals surface area (Å²) in [5.74, 6) is 0. The molecule has 0 spiro atoms. The van der Waals surface area contributed by atoms with Crippen LogP contribution in [0.1, 0.15) is 44.6 Å². The molecule has 1 saturated carbocycles. The van der Waals surface area contributed by atoms with Crippen molar-refractivity contribution < 1.29 is 0 Å². The molecule has 1 unspecified atom stereocenters. The maximum absolute atomic E-state index is 3.56. The summed E-state index contributed by atoms with van der Waals surface area (Å²) < 4.78 is 0. The van der Waals surface area contributed by atoms with Crippen molar-refractivity contribution >= 4 is 11.3 Å². The fourth-order valence-electron chi connectivity index (χ4n) is 3.05. The molecule has 0 amide bonds. The Morgan fingerprint density at radius 3 is 2.69 bits per heavy atom. The van der Waals surface area contributed by atoms with Crippen LogP contribution in [0.4, 0.5) is 0 Å². The molecule has 1 aromatic heterocycles. The summed E-state index contributed by atoms with van der Waals surface area (Å²) in [6.45, 7) is 2.47. The van der Waals surface area contributed by atoms with Gasteiger partial charge < -0.3 is 5.32 Å². The van der Waals surface area contributed by atoms with Gasteiger partial charge in [0.25, 0.3) is 0 Å². The molecule has 0 aromatic carbocycles. The molecule has 1 atom stereocenters. The topological polar surface area (TPSA) is 12.0 Å². The predicted octanol–water partition coefficient (Wildman–Crippen LogP) is 3.85. The van der Waals surface area contributed by atoms with E-state index in [4.69, 9.17) is 0 Å². The highest BCUT2D eigenvalue weighted by Crippen LogP contribution is 2.39. The molecule has 1 N–H and O–H groups in total. The lowest BCUT2D eigenvalue weighted by atomic mass is 9.69. The minimum absolute atomic E-state index is 0.509. The third-order valence-corrected chi connectivity index (χ3v) is 4.94. The van der Waals surface area contributed by atoms with Gasteiger partial charge in [0, 0.05) is 6.04 Å². The molecule has 0 saturated heterocycles. The Labute approximate surface area is 103 Å². The van der Waals surface area contributed by atoms with Crippen molar-refractivity contribution in [3.63, 3.8) is 0 Å². The highest BCUT2D eigenvalue weighted by molar-refractivity contribution is 7.07. The van der Waals surface area contributed by atoms with Crippen LogP contribution in [-0.4, -0.2) is 13.1 Å². The monoisotopic (exact) mass is 237 g/mol. The number of nitrogens with one attached hydrogen (secondary N) is 1. The third-order valence-electron chi connectivity index (χ3n) is 4.21. The second kappa shape index (κ2) is 5.33. The molecule has 16 heavy (non-hydrogen) atoms. The zero-order valence-corrected chi connectivity index (χ0v) is 11.3. The maximum Gasteiger partial charge on any atom is 0.0158 e. The van der Waals surface area contributed by atoms with Crippen LogP contribution >= 0.6 is 11.3 Å². The van der Waals surface area contributed by atoms with E-state index in [1.165, 1.54) is 44.1 Å². The van der Waals surface area contributed by atoms with Crippen molar-refractivity contribution in [2.75, 3.05) is 7.05 Å². The average Bonchev–Trinajstić information content (AvgIpc) is 2.79. The molecule has 0 aliphatic heterocycles. The van der Waals surface area contributed by atoms with Gasteiger partial charge in [-0.3, -0.25) is 0 Å². The van der Waals surface area contributed by atoms with Crippen LogP contribution in [0, 0.1) is 5.41 Å². The maximum atomic E-state index is 3.56. The van der Waals surface area contributed by atoms with Gasteiger partial charge >= 0.3 is 0 Å². The molecular formula is C14H23NS. The van der Waals surface area contributed by atoms with Crippen molar-refractivity contribution in [2.24, 2.45) is 5.41 Å². The number of thiophene rings is 1. The quantitative estimate of drug-likeness (QED) is 0.839. The van der Waals surface area contributed by atoms with Crippen LogP contribution in [0.15, 0.2) is 16.8 Å². The molecule has 2 heteroatoms. The van der Waals surface area contributed by atoms with Gasteiger partial charge in [-0.1, -0.05) is 26.2 Å². The summed E-state index contributed by atoms with van der Waals surface area (Å²) in [5.41, 5.74) is 2.01. The fraction of sp³-hybridized carbons (Fsp3) is 0.714. The van der Waals surface area contributed by atoms with Gasteiger partial charge in [-0.25, -0.2) is 0 Å². The van der Waals surface area contributed by atoms with Crippen LogP contribution in [0.5, 0.6) is 0 Å². The Morgan fingerprint density at radius 1 is 1.38 bits per heavy atom. The van der Waals surface area contributed by atoms with E-state index in [9.17, 15) is 0 Å². The second-order valence-electron chi connectivity index (χ2n) is 5.39. The van der Waals surface area contributed by atoms with Crippen LogP contribution in [0.3, 0.4) is 0 Å². The highest BCUT2D eigenvalue weighted by Gasteiger charge is 2.34. The zero-order valence-electron chi connectivity index (χ0n) is 10.5. The largest absolute Gasteiger partial charge is 0.316 e. The lowest BCUT2D eigenvalue weighted by Crippen LogP contribution is -2.44. The molecule has 0 radical (unpaired) electrons. The smallest absolute Gasteiger partial charge is 0.0158 e. The molecule has 1 aliphatic carbocycles. The molecule has 1 aromatic rings. The highest BCUT2D eigenvalue weighted by atomic mass is 32.1. The standard InChI is InChI=1S/C14H23NS/c1-14(7-4-3-5-8-14)13(15-2)10-12-6-9-16-11-12/h6,9,11,13,15H,3-5,7-8,10H2,1-2H3. The van der Waals surface area contributed by atoms with E-state index in [2.05, 4.69) is 36.1 Å². The molecule has 1 heterocycles. The first-order chi connectivity index (χ1) is 7.74. The summed E-state index contributed by atoms with van der Waals surface area (Å²) in [4.78, 5) is 0. The SMILES string of the molecule is CNC(Cc1ccsc1)C1(C)CCCCC1. The Kier molecular flexibility index (Phi) is 4.04. The van der Waals surface area contributed by atoms with Gasteiger partial charge in [0.1, 0.15) is 0 Å². The summed E-state index contributed by atoms with van der Waals surface area (Å²) in [7, 11) is 2.12. The Balaban J connectivity index is 2.03. The lowest BCUT2D eigenvalue weighted by molar-refractivity contribution is 0.149. The molecule has 2 rings (SSSR count). The van der Waals surface area contributed by atoms with E-state index in [1.807, 2.05) is 11.3 Å². The molecule has 1 fully saturated rings. The normalized spacial score (nSPS) is 21.9. The van der Waals surface area contributed by atoms with E-state index in [1.54, 1.807) is 0 Å². The molecule has 1 aliphatic rings. The second-order valence-corrected chi connectivity index (χ2v) is 6.17. The van der Waals surface area contributed by atoms with Crippen molar-refractivity contribution in [3.8, 4) is 0 Å². The molecular weight excluding hydrogens is 214 g/mol. The molecule has 90 valence electrons. The number of hydrogen-bond acceptors (Lipinski definition) is 2. The number of likely N-dealkylation sites (N-methyl/N-ethyl adjacent to an activating group) is 1. The Morgan fingerprint density at radius 2 is 2.12 bits per heavy atom. The fourth-order valence-corrected chi connectivity index (χ4v) is 3.73. The summed E-state index contributed by atoms with van der Waals surface area (Å²) in [6.07, 6.45) is 8.24. The van der Waals surface area contributed by atoms with E-state index in [-0.39, 0.29) is 0 Å². The Bertz CT molecular complexity index is 299. The van der Waals surface area contributed by atoms with Gasteiger partial charge in [0.2, 0.25) is 0 Å². The zero-order chi connectivity index (χ0) is 11.4. The van der Waals surface area contributed by atoms with Crippen molar-refractivity contribution in [1.29, 1.82) is 0 Å². The van der Waals surface area contributed by atoms with E-state index >= 15 is 0 Å². The van der Waals surface area contributed by atoms with Gasteiger partial charge in [0.15, 0.2) is 0 Å². The number of rotatable bonds is 4. The predicted molar refractivity (Wildman–Crippen MR) is 72.1 cm³/mol. The van der Waals surface area contributed by atoms with Crippen LogP contribution in [0.2, 0.25) is 0 Å². The Hall–Kier alpha value is -0.340.